The van der Waals surface area contributed by atoms with Crippen molar-refractivity contribution in [3.8, 4) is 11.5 Å². The van der Waals surface area contributed by atoms with Gasteiger partial charge in [-0.1, -0.05) is 13.0 Å². The van der Waals surface area contributed by atoms with Crippen LogP contribution in [0.15, 0.2) is 24.0 Å². The molecule has 0 unspecified atom stereocenters. The highest BCUT2D eigenvalue weighted by Crippen LogP contribution is 2.62. The number of aliphatic carboxylic acids is 1. The highest BCUT2D eigenvalue weighted by molar-refractivity contribution is 5.81. The molecule has 0 saturated carbocycles. The third-order valence-electron chi connectivity index (χ3n) is 7.67. The molecule has 1 aromatic rings. The predicted molar refractivity (Wildman–Crippen MR) is 122 cm³/mol. The number of nitrogens with zero attached hydrogens (tertiary/aromatic N) is 1. The molecule has 0 fully saturated rings. The van der Waals surface area contributed by atoms with Crippen molar-refractivity contribution < 1.29 is 43.9 Å². The summed E-state index contributed by atoms with van der Waals surface area (Å²) < 4.78 is 16.8. The molecule has 35 heavy (non-hydrogen) atoms. The van der Waals surface area contributed by atoms with Gasteiger partial charge in [-0.25, -0.2) is 4.79 Å². The molecular formula is C25H31NO9. The maximum absolute atomic E-state index is 12.7. The molecule has 10 heteroatoms. The summed E-state index contributed by atoms with van der Waals surface area (Å²) in [5, 5.41) is 31.4. The number of likely N-dealkylation sites (N-methyl/N-ethyl adjacent to an activating group) is 1. The van der Waals surface area contributed by atoms with Crippen molar-refractivity contribution in [2.45, 2.75) is 75.7 Å². The molecule has 10 nitrogen and oxygen atoms in total. The molecule has 0 bridgehead atoms. The minimum atomic E-state index is -1.27. The molecule has 1 aromatic carbocycles. The van der Waals surface area contributed by atoms with E-state index >= 15 is 0 Å². The molecule has 0 spiro atoms. The number of phenolic OH excluding ortho intramolecular Hbond substituents is 1. The summed E-state index contributed by atoms with van der Waals surface area (Å²) in [7, 11) is 1.95. The van der Waals surface area contributed by atoms with Crippen LogP contribution in [0.4, 0.5) is 0 Å². The van der Waals surface area contributed by atoms with Crippen LogP contribution < -0.4 is 4.74 Å². The Balaban J connectivity index is 1.63. The lowest BCUT2D eigenvalue weighted by molar-refractivity contribution is -0.168. The molecule has 190 valence electrons. The number of carboxylic acids is 1. The number of aliphatic hydroxyl groups is 1. The van der Waals surface area contributed by atoms with Gasteiger partial charge in [-0.3, -0.25) is 9.59 Å². The lowest BCUT2D eigenvalue weighted by atomic mass is 9.54. The van der Waals surface area contributed by atoms with Gasteiger partial charge in [0.2, 0.25) is 0 Å². The van der Waals surface area contributed by atoms with Gasteiger partial charge < -0.3 is 34.4 Å². The summed E-state index contributed by atoms with van der Waals surface area (Å²) in [6.45, 7) is 5.92. The van der Waals surface area contributed by atoms with Gasteiger partial charge in [0.15, 0.2) is 23.7 Å². The maximum atomic E-state index is 12.7. The number of hydrogen-bond donors (Lipinski definition) is 3. The lowest BCUT2D eigenvalue weighted by Gasteiger charge is -2.56. The number of phenols is 1. The first-order valence-electron chi connectivity index (χ1n) is 11.7. The van der Waals surface area contributed by atoms with Gasteiger partial charge in [-0.2, -0.15) is 0 Å². The number of carboxylic acid groups (broad SMARTS) is 1. The van der Waals surface area contributed by atoms with Crippen molar-refractivity contribution in [1.82, 2.24) is 4.90 Å². The largest absolute Gasteiger partial charge is 0.504 e. The van der Waals surface area contributed by atoms with Gasteiger partial charge in [0, 0.05) is 18.0 Å². The molecule has 1 aliphatic heterocycles. The first-order chi connectivity index (χ1) is 16.4. The minimum absolute atomic E-state index is 0.0598. The van der Waals surface area contributed by atoms with Crippen LogP contribution in [0.5, 0.6) is 11.5 Å². The Morgan fingerprint density at radius 2 is 2.00 bits per heavy atom. The summed E-state index contributed by atoms with van der Waals surface area (Å²) in [5.41, 5.74) is -0.625. The fourth-order valence-electron chi connectivity index (χ4n) is 5.61. The molecule has 2 aliphatic carbocycles. The Hall–Kier alpha value is -3.11. The second kappa shape index (κ2) is 8.83. The maximum Gasteiger partial charge on any atom is 0.352 e. The summed E-state index contributed by atoms with van der Waals surface area (Å²) in [6.07, 6.45) is -0.567. The Morgan fingerprint density at radius 1 is 1.29 bits per heavy atom. The number of ether oxygens (including phenoxy) is 3. The minimum Gasteiger partial charge on any atom is -0.504 e. The van der Waals surface area contributed by atoms with Crippen LogP contribution >= 0.6 is 0 Å². The van der Waals surface area contributed by atoms with Crippen molar-refractivity contribution >= 4 is 17.9 Å². The lowest BCUT2D eigenvalue weighted by Crippen LogP contribution is -2.69. The van der Waals surface area contributed by atoms with E-state index in [0.717, 1.165) is 5.56 Å². The molecule has 4 rings (SSSR count). The summed E-state index contributed by atoms with van der Waals surface area (Å²) in [5.74, 6) is -2.45. The van der Waals surface area contributed by atoms with Gasteiger partial charge in [0.05, 0.1) is 23.9 Å². The molecule has 1 heterocycles. The first kappa shape index (κ1) is 25.0. The Morgan fingerprint density at radius 3 is 2.66 bits per heavy atom. The van der Waals surface area contributed by atoms with Crippen LogP contribution in [0.3, 0.4) is 0 Å². The summed E-state index contributed by atoms with van der Waals surface area (Å²) in [6, 6.07) is 3.16. The van der Waals surface area contributed by atoms with E-state index in [4.69, 9.17) is 19.3 Å². The van der Waals surface area contributed by atoms with Gasteiger partial charge in [-0.15, -0.1) is 0 Å². The normalized spacial score (nSPS) is 29.0. The number of carbonyl (C=O) groups is 3. The fourth-order valence-corrected chi connectivity index (χ4v) is 5.61. The molecule has 3 aliphatic rings. The van der Waals surface area contributed by atoms with E-state index in [9.17, 15) is 24.6 Å². The van der Waals surface area contributed by atoms with E-state index in [1.54, 1.807) is 12.1 Å². The topological polar surface area (TPSA) is 143 Å². The molecule has 3 N–H and O–H groups in total. The zero-order valence-corrected chi connectivity index (χ0v) is 20.2. The van der Waals surface area contributed by atoms with Crippen LogP contribution in [0, 0.1) is 0 Å². The molecule has 0 radical (unpaired) electrons. The number of carbonyl (C=O) groups excluding carboxylic acids is 2. The van der Waals surface area contributed by atoms with Crippen LogP contribution in [-0.2, 0) is 35.7 Å². The van der Waals surface area contributed by atoms with E-state index in [-0.39, 0.29) is 36.1 Å². The number of rotatable bonds is 8. The van der Waals surface area contributed by atoms with E-state index in [2.05, 4.69) is 4.90 Å². The average molecular weight is 490 g/mol. The zero-order chi connectivity index (χ0) is 25.7. The van der Waals surface area contributed by atoms with E-state index in [1.807, 2.05) is 27.0 Å². The second-order valence-corrected chi connectivity index (χ2v) is 9.62. The van der Waals surface area contributed by atoms with Crippen molar-refractivity contribution in [3.05, 3.63) is 35.1 Å². The predicted octanol–water partition coefficient (Wildman–Crippen LogP) is 1.65. The molecule has 0 saturated heterocycles. The third kappa shape index (κ3) is 3.84. The van der Waals surface area contributed by atoms with E-state index in [0.29, 0.717) is 18.5 Å². The van der Waals surface area contributed by atoms with Gasteiger partial charge in [-0.05, 0) is 51.6 Å². The number of benzene rings is 1. The average Bonchev–Trinajstić information content (AvgIpc) is 3.14. The summed E-state index contributed by atoms with van der Waals surface area (Å²) >= 11 is 0. The smallest absolute Gasteiger partial charge is 0.352 e. The van der Waals surface area contributed by atoms with Crippen LogP contribution in [0.2, 0.25) is 0 Å². The van der Waals surface area contributed by atoms with Crippen LogP contribution in [0.1, 0.15) is 51.2 Å². The van der Waals surface area contributed by atoms with Crippen molar-refractivity contribution in [2.75, 3.05) is 13.6 Å². The zero-order valence-electron chi connectivity index (χ0n) is 20.2. The van der Waals surface area contributed by atoms with Crippen LogP contribution in [-0.4, -0.2) is 75.6 Å². The van der Waals surface area contributed by atoms with Crippen molar-refractivity contribution in [1.29, 1.82) is 0 Å². The highest BCUT2D eigenvalue weighted by atomic mass is 16.6. The fraction of sp³-hybridized carbons (Fsp3) is 0.560. The second-order valence-electron chi connectivity index (χ2n) is 9.62. The highest BCUT2D eigenvalue weighted by Gasteiger charge is 2.68. The number of esters is 2. The van der Waals surface area contributed by atoms with Gasteiger partial charge in [0.1, 0.15) is 5.76 Å². The Labute approximate surface area is 203 Å². The van der Waals surface area contributed by atoms with E-state index in [1.165, 1.54) is 6.92 Å². The summed E-state index contributed by atoms with van der Waals surface area (Å²) in [4.78, 5) is 37.3. The molecular weight excluding hydrogens is 458 g/mol. The number of hydrogen-bond acceptors (Lipinski definition) is 9. The molecule has 0 aromatic heterocycles. The molecule has 5 atom stereocenters. The molecule has 0 amide bonds. The standard InChI is InChI=1S/C25H31NO9/c1-5-26(4)17-12-14-6-7-15(27)21-20(14)24(3)22(35-21)16(10-11-25(17,24)32)34-23(31)13(2)33-19(30)9-8-18(28)29/h6-7,10,13,17,22,27,32H,5,8-9,11-12H2,1-4H3,(H,28,29)/t13-,17+,22-,24-,25+/m0/s1. The van der Waals surface area contributed by atoms with Gasteiger partial charge in [0.25, 0.3) is 0 Å². The Kier molecular flexibility index (Phi) is 6.31. The van der Waals surface area contributed by atoms with Crippen LogP contribution in [0.25, 0.3) is 0 Å². The van der Waals surface area contributed by atoms with Gasteiger partial charge >= 0.3 is 17.9 Å². The first-order valence-corrected chi connectivity index (χ1v) is 11.7. The van der Waals surface area contributed by atoms with Crippen molar-refractivity contribution in [2.24, 2.45) is 0 Å². The monoisotopic (exact) mass is 489 g/mol. The third-order valence-corrected chi connectivity index (χ3v) is 7.67. The Bertz CT molecular complexity index is 1100. The quantitative estimate of drug-likeness (QED) is 0.461. The number of aromatic hydroxyl groups is 1. The van der Waals surface area contributed by atoms with E-state index < -0.39 is 47.6 Å². The SMILES string of the molecule is CCN(C)[C@@H]1Cc2ccc(O)c3c2[C@@]2(C)[C@@H](O3)C(OC(=O)[C@H](C)OC(=O)CCC(=O)O)=CC[C@@]12O. The van der Waals surface area contributed by atoms with Crippen molar-refractivity contribution in [3.63, 3.8) is 0 Å².